The van der Waals surface area contributed by atoms with Crippen molar-refractivity contribution in [3.63, 3.8) is 0 Å². The number of rotatable bonds is 5. The molecule has 1 fully saturated rings. The molecule has 0 radical (unpaired) electrons. The Kier molecular flexibility index (Phi) is 5.10. The number of likely N-dealkylation sites (tertiary alicyclic amines) is 1. The molecule has 158 valence electrons. The first-order valence-corrected chi connectivity index (χ1v) is 10.6. The first kappa shape index (κ1) is 19.4. The zero-order chi connectivity index (χ0) is 20.7. The predicted octanol–water partition coefficient (Wildman–Crippen LogP) is 3.87. The van der Waals surface area contributed by atoms with E-state index in [4.69, 9.17) is 4.42 Å². The van der Waals surface area contributed by atoms with Crippen LogP contribution in [0, 0.1) is 0 Å². The van der Waals surface area contributed by atoms with Crippen molar-refractivity contribution in [3.8, 4) is 0 Å². The second-order valence-electron chi connectivity index (χ2n) is 8.11. The van der Waals surface area contributed by atoms with E-state index in [0.717, 1.165) is 61.1 Å². The lowest BCUT2D eigenvalue weighted by atomic mass is 10.0. The van der Waals surface area contributed by atoms with Crippen LogP contribution in [0.25, 0.3) is 10.9 Å². The minimum Gasteiger partial charge on any atom is -0.444 e. The maximum atomic E-state index is 13.3. The summed E-state index contributed by atoms with van der Waals surface area (Å²) in [6.45, 7) is 0.633. The summed E-state index contributed by atoms with van der Waals surface area (Å²) < 4.78 is 33.8. The van der Waals surface area contributed by atoms with E-state index in [9.17, 15) is 13.6 Å². The molecule has 1 saturated heterocycles. The van der Waals surface area contributed by atoms with E-state index in [1.807, 2.05) is 0 Å². The summed E-state index contributed by atoms with van der Waals surface area (Å²) in [5.41, 5.74) is 1.18. The van der Waals surface area contributed by atoms with Gasteiger partial charge in [-0.3, -0.25) is 14.3 Å². The van der Waals surface area contributed by atoms with E-state index in [0.29, 0.717) is 29.2 Å². The third kappa shape index (κ3) is 3.53. The summed E-state index contributed by atoms with van der Waals surface area (Å²) >= 11 is 0. The lowest BCUT2D eigenvalue weighted by Crippen LogP contribution is -2.33. The summed E-state index contributed by atoms with van der Waals surface area (Å²) in [5.74, 6) is 2.05. The molecule has 2 aliphatic rings. The normalized spacial score (nSPS) is 19.6. The average molecular weight is 414 g/mol. The van der Waals surface area contributed by atoms with Gasteiger partial charge in [0.25, 0.3) is 12.0 Å². The fourth-order valence-electron chi connectivity index (χ4n) is 4.71. The van der Waals surface area contributed by atoms with E-state index < -0.39 is 18.5 Å². The van der Waals surface area contributed by atoms with Gasteiger partial charge in [-0.25, -0.2) is 18.7 Å². The van der Waals surface area contributed by atoms with Gasteiger partial charge in [0.15, 0.2) is 0 Å². The Morgan fingerprint density at radius 3 is 2.80 bits per heavy atom. The van der Waals surface area contributed by atoms with E-state index in [1.54, 1.807) is 24.3 Å². The molecule has 1 aliphatic heterocycles. The summed E-state index contributed by atoms with van der Waals surface area (Å²) in [5, 5.41) is 0.367. The van der Waals surface area contributed by atoms with Crippen LogP contribution < -0.4 is 5.56 Å². The minimum atomic E-state index is -2.63. The molecule has 0 bridgehead atoms. The maximum absolute atomic E-state index is 13.3. The summed E-state index contributed by atoms with van der Waals surface area (Å²) in [7, 11) is 0. The molecule has 30 heavy (non-hydrogen) atoms. The first-order valence-electron chi connectivity index (χ1n) is 10.6. The van der Waals surface area contributed by atoms with Crippen LogP contribution in [0.2, 0.25) is 0 Å². The Labute approximate surface area is 172 Å². The number of benzene rings is 1. The number of oxazole rings is 1. The van der Waals surface area contributed by atoms with Gasteiger partial charge < -0.3 is 4.42 Å². The van der Waals surface area contributed by atoms with Crippen LogP contribution in [0.3, 0.4) is 0 Å². The van der Waals surface area contributed by atoms with Crippen LogP contribution in [0.5, 0.6) is 0 Å². The van der Waals surface area contributed by atoms with Gasteiger partial charge >= 0.3 is 0 Å². The standard InChI is InChI=1S/C22H24F2N4O2/c23-19(24)12-28-21(26-15-7-2-1-6-14(15)22(28)29)17-9-5-11-27(17)13-20-25-16-8-3-4-10-18(16)30-20/h1-2,6-7,17,19H,3-5,8-13H2. The van der Waals surface area contributed by atoms with Crippen molar-refractivity contribution in [3.05, 3.63) is 57.8 Å². The maximum Gasteiger partial charge on any atom is 0.261 e. The van der Waals surface area contributed by atoms with Gasteiger partial charge in [-0.1, -0.05) is 12.1 Å². The molecule has 0 N–H and O–H groups in total. The first-order chi connectivity index (χ1) is 14.6. The van der Waals surface area contributed by atoms with Crippen LogP contribution in [-0.4, -0.2) is 32.4 Å². The number of nitrogens with zero attached hydrogens (tertiary/aromatic N) is 4. The lowest BCUT2D eigenvalue weighted by molar-refractivity contribution is 0.119. The molecule has 2 aromatic heterocycles. The average Bonchev–Trinajstić information content (AvgIpc) is 3.36. The van der Waals surface area contributed by atoms with Crippen molar-refractivity contribution in [1.29, 1.82) is 0 Å². The number of halogens is 2. The van der Waals surface area contributed by atoms with E-state index in [2.05, 4.69) is 14.9 Å². The molecule has 5 rings (SSSR count). The molecule has 1 aliphatic carbocycles. The number of aryl methyl sites for hydroxylation is 2. The molecule has 3 aromatic rings. The van der Waals surface area contributed by atoms with Gasteiger partial charge in [-0.2, -0.15) is 0 Å². The monoisotopic (exact) mass is 414 g/mol. The van der Waals surface area contributed by atoms with Crippen LogP contribution in [0.1, 0.15) is 54.9 Å². The Balaban J connectivity index is 1.51. The molecule has 0 spiro atoms. The summed E-state index contributed by atoms with van der Waals surface area (Å²) in [6, 6.07) is 6.71. The molecular weight excluding hydrogens is 390 g/mol. The number of fused-ring (bicyclic) bond motifs is 2. The van der Waals surface area contributed by atoms with Crippen molar-refractivity contribution in [2.45, 2.75) is 64.1 Å². The van der Waals surface area contributed by atoms with Crippen LogP contribution in [0.4, 0.5) is 8.78 Å². The van der Waals surface area contributed by atoms with E-state index in [1.165, 1.54) is 0 Å². The van der Waals surface area contributed by atoms with Crippen LogP contribution in [-0.2, 0) is 25.9 Å². The third-order valence-electron chi connectivity index (χ3n) is 6.10. The van der Waals surface area contributed by atoms with Crippen molar-refractivity contribution in [2.24, 2.45) is 0 Å². The molecule has 3 heterocycles. The van der Waals surface area contributed by atoms with Gasteiger partial charge in [0.2, 0.25) is 5.89 Å². The lowest BCUT2D eigenvalue weighted by Gasteiger charge is -2.25. The van der Waals surface area contributed by atoms with Crippen molar-refractivity contribution >= 4 is 10.9 Å². The number of para-hydroxylation sites is 1. The van der Waals surface area contributed by atoms with Crippen molar-refractivity contribution < 1.29 is 13.2 Å². The third-order valence-corrected chi connectivity index (χ3v) is 6.10. The summed E-state index contributed by atoms with van der Waals surface area (Å²) in [4.78, 5) is 24.5. The zero-order valence-corrected chi connectivity index (χ0v) is 16.7. The van der Waals surface area contributed by atoms with E-state index >= 15 is 0 Å². The number of alkyl halides is 2. The second-order valence-corrected chi connectivity index (χ2v) is 8.11. The highest BCUT2D eigenvalue weighted by atomic mass is 19.3. The molecule has 1 aromatic carbocycles. The van der Waals surface area contributed by atoms with Crippen molar-refractivity contribution in [2.75, 3.05) is 6.54 Å². The van der Waals surface area contributed by atoms with Gasteiger partial charge in [-0.05, 0) is 50.8 Å². The number of aromatic nitrogens is 3. The molecular formula is C22H24F2N4O2. The molecule has 8 heteroatoms. The van der Waals surface area contributed by atoms with Gasteiger partial charge in [0, 0.05) is 6.42 Å². The highest BCUT2D eigenvalue weighted by Crippen LogP contribution is 2.33. The van der Waals surface area contributed by atoms with Crippen LogP contribution >= 0.6 is 0 Å². The number of hydrogen-bond acceptors (Lipinski definition) is 5. The molecule has 6 nitrogen and oxygen atoms in total. The van der Waals surface area contributed by atoms with Gasteiger partial charge in [-0.15, -0.1) is 0 Å². The fourth-order valence-corrected chi connectivity index (χ4v) is 4.71. The molecule has 1 atom stereocenters. The SMILES string of the molecule is O=c1c2ccccc2nc(C2CCCN2Cc2nc3c(o2)CCCC3)n1CC(F)F. The van der Waals surface area contributed by atoms with Gasteiger partial charge in [0.1, 0.15) is 11.6 Å². The Bertz CT molecular complexity index is 1100. The largest absolute Gasteiger partial charge is 0.444 e. The van der Waals surface area contributed by atoms with Crippen LogP contribution in [0.15, 0.2) is 33.5 Å². The smallest absolute Gasteiger partial charge is 0.261 e. The Morgan fingerprint density at radius 1 is 1.13 bits per heavy atom. The van der Waals surface area contributed by atoms with Gasteiger partial charge in [0.05, 0.1) is 35.7 Å². The Morgan fingerprint density at radius 2 is 1.97 bits per heavy atom. The van der Waals surface area contributed by atoms with E-state index in [-0.39, 0.29) is 6.04 Å². The molecule has 1 unspecified atom stereocenters. The Hall–Kier alpha value is -2.61. The topological polar surface area (TPSA) is 64.2 Å². The minimum absolute atomic E-state index is 0.218. The fraction of sp³-hybridized carbons (Fsp3) is 0.500. The zero-order valence-electron chi connectivity index (χ0n) is 16.7. The molecule has 0 saturated carbocycles. The second kappa shape index (κ2) is 7.91. The number of hydrogen-bond donors (Lipinski definition) is 0. The van der Waals surface area contributed by atoms with Crippen molar-refractivity contribution in [1.82, 2.24) is 19.4 Å². The quantitative estimate of drug-likeness (QED) is 0.634. The highest BCUT2D eigenvalue weighted by Gasteiger charge is 2.32. The predicted molar refractivity (Wildman–Crippen MR) is 108 cm³/mol. The highest BCUT2D eigenvalue weighted by molar-refractivity contribution is 5.77. The molecule has 0 amide bonds. The summed E-state index contributed by atoms with van der Waals surface area (Å²) in [6.07, 6.45) is 3.16.